The van der Waals surface area contributed by atoms with Gasteiger partial charge in [0.1, 0.15) is 24.4 Å². The van der Waals surface area contributed by atoms with E-state index in [0.29, 0.717) is 0 Å². The normalized spacial score (nSPS) is 42.2. The predicted molar refractivity (Wildman–Crippen MR) is 104 cm³/mol. The summed E-state index contributed by atoms with van der Waals surface area (Å²) in [6, 6.07) is 0. The highest BCUT2D eigenvalue weighted by atomic mass is 16.9. The quantitative estimate of drug-likeness (QED) is 0.569. The van der Waals surface area contributed by atoms with Crippen molar-refractivity contribution in [1.82, 2.24) is 0 Å². The fraction of sp³-hybridized carbons (Fsp3) is 0.905. The van der Waals surface area contributed by atoms with Crippen LogP contribution in [0.25, 0.3) is 0 Å². The Morgan fingerprint density at radius 1 is 0.875 bits per heavy atom. The van der Waals surface area contributed by atoms with E-state index in [1.807, 2.05) is 27.7 Å². The van der Waals surface area contributed by atoms with Crippen LogP contribution in [-0.2, 0) is 42.7 Å². The van der Waals surface area contributed by atoms with Gasteiger partial charge in [-0.25, -0.2) is 0 Å². The Hall–Kier alpha value is -1.34. The summed E-state index contributed by atoms with van der Waals surface area (Å²) >= 11 is 0. The lowest BCUT2D eigenvalue weighted by molar-refractivity contribution is -0.263. The monoisotopic (exact) mass is 460 g/mol. The van der Waals surface area contributed by atoms with Crippen LogP contribution in [0.2, 0.25) is 0 Å². The smallest absolute Gasteiger partial charge is 0.303 e. The maximum absolute atomic E-state index is 11.2. The van der Waals surface area contributed by atoms with Gasteiger partial charge in [-0.15, -0.1) is 0 Å². The van der Waals surface area contributed by atoms with E-state index in [1.54, 1.807) is 0 Å². The van der Waals surface area contributed by atoms with Gasteiger partial charge in [0.15, 0.2) is 24.2 Å². The van der Waals surface area contributed by atoms with Crippen molar-refractivity contribution in [1.29, 1.82) is 0 Å². The molecule has 4 rings (SSSR count). The number of carboxylic acids is 2. The van der Waals surface area contributed by atoms with Gasteiger partial charge < -0.3 is 43.4 Å². The fourth-order valence-electron chi connectivity index (χ4n) is 4.94. The molecule has 11 nitrogen and oxygen atoms in total. The highest BCUT2D eigenvalue weighted by molar-refractivity contribution is 5.68. The molecule has 0 aromatic rings. The van der Waals surface area contributed by atoms with Gasteiger partial charge in [0.2, 0.25) is 0 Å². The maximum atomic E-state index is 11.2. The van der Waals surface area contributed by atoms with E-state index in [4.69, 9.17) is 38.3 Å². The molecular weight excluding hydrogens is 428 g/mol. The van der Waals surface area contributed by atoms with E-state index in [9.17, 15) is 14.7 Å². The molecule has 0 saturated carbocycles. The van der Waals surface area contributed by atoms with Gasteiger partial charge in [-0.2, -0.15) is 0 Å². The SMILES string of the molecule is CC1(C)O[C@H]2[C@@H](O1)[C@@H](COC1CC(CC(=O)O)C(CC(=O)O)CO1)O[C@@H]1OC(C)(C)O[C@@H]12. The number of rotatable bonds is 7. The highest BCUT2D eigenvalue weighted by Gasteiger charge is 2.60. The summed E-state index contributed by atoms with van der Waals surface area (Å²) in [4.78, 5) is 22.4. The number of hydrogen-bond acceptors (Lipinski definition) is 9. The average Bonchev–Trinajstić information content (AvgIpc) is 3.14. The number of ether oxygens (including phenoxy) is 7. The summed E-state index contributed by atoms with van der Waals surface area (Å²) in [5.74, 6) is -4.33. The van der Waals surface area contributed by atoms with Crippen LogP contribution in [0.5, 0.6) is 0 Å². The Morgan fingerprint density at radius 2 is 1.47 bits per heavy atom. The standard InChI is InChI=1S/C21H32O11/c1-20(2)29-16-12(28-19-18(17(16)30-20)31-21(3,4)32-19)9-27-15-7-10(5-13(22)23)11(8-26-15)6-14(24)25/h10-12,15-19H,5-9H2,1-4H3,(H,22,23)(H,24,25)/t10?,11?,12-,15?,16+,17+,18-,19-/m1/s1. The molecule has 8 atom stereocenters. The number of aliphatic carboxylic acids is 2. The van der Waals surface area contributed by atoms with Crippen molar-refractivity contribution < 1.29 is 53.0 Å². The first-order valence-corrected chi connectivity index (χ1v) is 11.0. The van der Waals surface area contributed by atoms with Crippen molar-refractivity contribution in [2.45, 2.75) is 95.5 Å². The summed E-state index contributed by atoms with van der Waals surface area (Å²) in [6.45, 7) is 7.49. The minimum atomic E-state index is -0.979. The molecule has 0 aromatic carbocycles. The largest absolute Gasteiger partial charge is 0.481 e. The summed E-state index contributed by atoms with van der Waals surface area (Å²) in [5.41, 5.74) is 0. The van der Waals surface area contributed by atoms with Crippen LogP contribution in [0.1, 0.15) is 47.0 Å². The van der Waals surface area contributed by atoms with Crippen LogP contribution in [0.3, 0.4) is 0 Å². The van der Waals surface area contributed by atoms with Crippen LogP contribution < -0.4 is 0 Å². The second-order valence-corrected chi connectivity index (χ2v) is 9.76. The van der Waals surface area contributed by atoms with Crippen molar-refractivity contribution in [3.63, 3.8) is 0 Å². The van der Waals surface area contributed by atoms with Gasteiger partial charge in [-0.3, -0.25) is 9.59 Å². The lowest BCUT2D eigenvalue weighted by Gasteiger charge is -2.39. The highest BCUT2D eigenvalue weighted by Crippen LogP contribution is 2.44. The topological polar surface area (TPSA) is 139 Å². The fourth-order valence-corrected chi connectivity index (χ4v) is 4.94. The van der Waals surface area contributed by atoms with Crippen LogP contribution in [0.15, 0.2) is 0 Å². The minimum absolute atomic E-state index is 0.113. The van der Waals surface area contributed by atoms with Crippen molar-refractivity contribution in [2.75, 3.05) is 13.2 Å². The molecule has 11 heteroatoms. The molecule has 4 saturated heterocycles. The number of carbonyl (C=O) groups is 2. The molecule has 2 N–H and O–H groups in total. The van der Waals surface area contributed by atoms with E-state index < -0.39 is 60.5 Å². The van der Waals surface area contributed by atoms with E-state index >= 15 is 0 Å². The molecule has 3 unspecified atom stereocenters. The summed E-state index contributed by atoms with van der Waals surface area (Å²) in [6.07, 6.45) is -3.09. The molecule has 4 aliphatic heterocycles. The first kappa shape index (κ1) is 23.8. The van der Waals surface area contributed by atoms with Crippen molar-refractivity contribution in [2.24, 2.45) is 11.8 Å². The molecule has 0 amide bonds. The third-order valence-electron chi connectivity index (χ3n) is 6.23. The lowest BCUT2D eigenvalue weighted by atomic mass is 9.83. The third kappa shape index (κ3) is 5.24. The van der Waals surface area contributed by atoms with Crippen LogP contribution in [-0.4, -0.2) is 83.9 Å². The number of fused-ring (bicyclic) bond motifs is 3. The average molecular weight is 460 g/mol. The summed E-state index contributed by atoms with van der Waals surface area (Å²) in [7, 11) is 0. The Bertz CT molecular complexity index is 723. The predicted octanol–water partition coefficient (Wildman–Crippen LogP) is 1.33. The second-order valence-electron chi connectivity index (χ2n) is 9.76. The minimum Gasteiger partial charge on any atom is -0.481 e. The van der Waals surface area contributed by atoms with Crippen molar-refractivity contribution in [3.05, 3.63) is 0 Å². The van der Waals surface area contributed by atoms with Crippen molar-refractivity contribution >= 4 is 11.9 Å². The Kier molecular flexibility index (Phi) is 6.54. The first-order chi connectivity index (χ1) is 14.9. The summed E-state index contributed by atoms with van der Waals surface area (Å²) < 4.78 is 41.8. The zero-order valence-electron chi connectivity index (χ0n) is 18.7. The zero-order valence-corrected chi connectivity index (χ0v) is 18.7. The molecule has 4 aliphatic rings. The number of hydrogen-bond donors (Lipinski definition) is 2. The Balaban J connectivity index is 1.39. The van der Waals surface area contributed by atoms with Crippen LogP contribution in [0.4, 0.5) is 0 Å². The van der Waals surface area contributed by atoms with Gasteiger partial charge in [0.25, 0.3) is 0 Å². The molecule has 0 radical (unpaired) electrons. The number of carboxylic acid groups (broad SMARTS) is 2. The molecule has 0 aromatic heterocycles. The first-order valence-electron chi connectivity index (χ1n) is 11.0. The molecule has 182 valence electrons. The van der Waals surface area contributed by atoms with E-state index in [0.717, 1.165) is 0 Å². The Labute approximate surface area is 186 Å². The maximum Gasteiger partial charge on any atom is 0.303 e. The van der Waals surface area contributed by atoms with E-state index in [1.165, 1.54) is 0 Å². The van der Waals surface area contributed by atoms with Crippen molar-refractivity contribution in [3.8, 4) is 0 Å². The Morgan fingerprint density at radius 3 is 2.16 bits per heavy atom. The van der Waals surface area contributed by atoms with Gasteiger partial charge in [-0.1, -0.05) is 0 Å². The second kappa shape index (κ2) is 8.79. The molecule has 0 spiro atoms. The molecule has 0 bridgehead atoms. The summed E-state index contributed by atoms with van der Waals surface area (Å²) in [5, 5.41) is 18.3. The molecule has 4 heterocycles. The van der Waals surface area contributed by atoms with Crippen LogP contribution >= 0.6 is 0 Å². The zero-order chi connectivity index (χ0) is 23.3. The van der Waals surface area contributed by atoms with Gasteiger partial charge >= 0.3 is 11.9 Å². The van der Waals surface area contributed by atoms with Gasteiger partial charge in [-0.05, 0) is 39.5 Å². The third-order valence-corrected chi connectivity index (χ3v) is 6.23. The molecule has 32 heavy (non-hydrogen) atoms. The van der Waals surface area contributed by atoms with E-state index in [2.05, 4.69) is 0 Å². The van der Waals surface area contributed by atoms with Gasteiger partial charge in [0.05, 0.1) is 19.6 Å². The van der Waals surface area contributed by atoms with Crippen LogP contribution in [0, 0.1) is 11.8 Å². The van der Waals surface area contributed by atoms with Gasteiger partial charge in [0, 0.05) is 12.8 Å². The molecule has 0 aliphatic carbocycles. The lowest BCUT2D eigenvalue weighted by Crippen LogP contribution is -2.56. The van der Waals surface area contributed by atoms with E-state index in [-0.39, 0.29) is 44.3 Å². The molecular formula is C21H32O11. The molecule has 4 fully saturated rings.